The van der Waals surface area contributed by atoms with Gasteiger partial charge in [-0.1, -0.05) is 46.9 Å². The molecule has 1 rings (SSSR count). The van der Waals surface area contributed by atoms with Crippen LogP contribution in [0.25, 0.3) is 0 Å². The van der Waals surface area contributed by atoms with Crippen molar-refractivity contribution in [2.45, 2.75) is 23.8 Å². The lowest BCUT2D eigenvalue weighted by molar-refractivity contribution is 0.214. The van der Waals surface area contributed by atoms with Crippen LogP contribution in [0.2, 0.25) is 0 Å². The molecule has 0 bridgehead atoms. The summed E-state index contributed by atoms with van der Waals surface area (Å²) in [4.78, 5) is 13.1. The van der Waals surface area contributed by atoms with Gasteiger partial charge in [0.25, 0.3) is 0 Å². The summed E-state index contributed by atoms with van der Waals surface area (Å²) < 4.78 is -1.68. The molecule has 4 nitrogen and oxygen atoms in total. The van der Waals surface area contributed by atoms with Gasteiger partial charge in [-0.05, 0) is 31.0 Å². The lowest BCUT2D eigenvalue weighted by Gasteiger charge is -2.29. The van der Waals surface area contributed by atoms with Gasteiger partial charge in [-0.15, -0.1) is 0 Å². The maximum Gasteiger partial charge on any atom is 0.318 e. The fourth-order valence-corrected chi connectivity index (χ4v) is 1.83. The summed E-state index contributed by atoms with van der Waals surface area (Å²) in [5.41, 5.74) is 2.87. The SMILES string of the molecule is Cc1ccc(C)c(N[C@H](NC(=O)N(C)C)C(Cl)(Cl)Cl)c1. The van der Waals surface area contributed by atoms with E-state index in [9.17, 15) is 4.79 Å². The molecule has 0 saturated carbocycles. The molecule has 0 aromatic heterocycles. The molecule has 1 atom stereocenters. The van der Waals surface area contributed by atoms with Crippen molar-refractivity contribution in [3.8, 4) is 0 Å². The Hall–Kier alpha value is -0.840. The number of benzene rings is 1. The van der Waals surface area contributed by atoms with Crippen molar-refractivity contribution in [1.29, 1.82) is 0 Å². The average Bonchev–Trinajstić information content (AvgIpc) is 2.31. The number of nitrogens with one attached hydrogen (secondary N) is 2. The van der Waals surface area contributed by atoms with E-state index in [0.29, 0.717) is 0 Å². The first-order chi connectivity index (χ1) is 9.11. The first-order valence-electron chi connectivity index (χ1n) is 5.99. The number of nitrogens with zero attached hydrogens (tertiary/aromatic N) is 1. The molecule has 2 N–H and O–H groups in total. The largest absolute Gasteiger partial charge is 0.362 e. The Balaban J connectivity index is 2.96. The molecule has 2 amide bonds. The van der Waals surface area contributed by atoms with Crippen molar-refractivity contribution in [2.75, 3.05) is 19.4 Å². The minimum Gasteiger partial charge on any atom is -0.362 e. The van der Waals surface area contributed by atoms with Crippen LogP contribution < -0.4 is 10.6 Å². The Morgan fingerprint density at radius 1 is 1.25 bits per heavy atom. The van der Waals surface area contributed by atoms with E-state index in [1.165, 1.54) is 4.90 Å². The summed E-state index contributed by atoms with van der Waals surface area (Å²) in [6.07, 6.45) is -0.845. The van der Waals surface area contributed by atoms with Crippen molar-refractivity contribution < 1.29 is 4.79 Å². The fourth-order valence-electron chi connectivity index (χ4n) is 1.50. The van der Waals surface area contributed by atoms with E-state index < -0.39 is 9.96 Å². The van der Waals surface area contributed by atoms with Crippen LogP contribution in [0.1, 0.15) is 11.1 Å². The number of anilines is 1. The minimum absolute atomic E-state index is 0.348. The van der Waals surface area contributed by atoms with Gasteiger partial charge in [-0.25, -0.2) is 4.79 Å². The number of hydrogen-bond donors (Lipinski definition) is 2. The summed E-state index contributed by atoms with van der Waals surface area (Å²) >= 11 is 17.8. The molecule has 0 aliphatic rings. The molecule has 0 fully saturated rings. The highest BCUT2D eigenvalue weighted by atomic mass is 35.6. The number of carbonyl (C=O) groups excluding carboxylic acids is 1. The molecule has 7 heteroatoms. The number of rotatable bonds is 3. The van der Waals surface area contributed by atoms with E-state index in [4.69, 9.17) is 34.8 Å². The molecule has 0 spiro atoms. The summed E-state index contributed by atoms with van der Waals surface area (Å²) in [5, 5.41) is 5.69. The molecule has 0 aliphatic heterocycles. The monoisotopic (exact) mass is 337 g/mol. The fraction of sp³-hybridized carbons (Fsp3) is 0.462. The Labute approximate surface area is 134 Å². The number of carbonyl (C=O) groups is 1. The van der Waals surface area contributed by atoms with Crippen LogP contribution in [0.3, 0.4) is 0 Å². The van der Waals surface area contributed by atoms with Gasteiger partial charge in [0, 0.05) is 19.8 Å². The normalized spacial score (nSPS) is 12.8. The Morgan fingerprint density at radius 3 is 2.35 bits per heavy atom. The third-order valence-electron chi connectivity index (χ3n) is 2.69. The maximum absolute atomic E-state index is 11.7. The van der Waals surface area contributed by atoms with Crippen LogP contribution in [-0.2, 0) is 0 Å². The molecule has 0 aliphatic carbocycles. The standard InChI is InChI=1S/C13H18Cl3N3O/c1-8-5-6-9(2)10(7-8)17-11(13(14,15)16)18-12(20)19(3)4/h5-7,11,17H,1-4H3,(H,18,20)/t11-/m1/s1. The maximum atomic E-state index is 11.7. The van der Waals surface area contributed by atoms with Gasteiger partial charge in [0.15, 0.2) is 0 Å². The first-order valence-corrected chi connectivity index (χ1v) is 7.13. The van der Waals surface area contributed by atoms with E-state index in [1.54, 1.807) is 14.1 Å². The van der Waals surface area contributed by atoms with Gasteiger partial charge >= 0.3 is 6.03 Å². The number of amides is 2. The van der Waals surface area contributed by atoms with Crippen molar-refractivity contribution in [3.05, 3.63) is 29.3 Å². The zero-order chi connectivity index (χ0) is 15.5. The molecule has 0 radical (unpaired) electrons. The predicted octanol–water partition coefficient (Wildman–Crippen LogP) is 3.68. The Kier molecular flexibility index (Phi) is 5.80. The van der Waals surface area contributed by atoms with Crippen molar-refractivity contribution in [2.24, 2.45) is 0 Å². The summed E-state index contributed by atoms with van der Waals surface area (Å²) in [7, 11) is 3.23. The van der Waals surface area contributed by atoms with Crippen LogP contribution in [0.15, 0.2) is 18.2 Å². The number of urea groups is 1. The molecule has 0 unspecified atom stereocenters. The van der Waals surface area contributed by atoms with Crippen LogP contribution >= 0.6 is 34.8 Å². The summed E-state index contributed by atoms with van der Waals surface area (Å²) in [6.45, 7) is 3.90. The number of aryl methyl sites for hydroxylation is 2. The number of hydrogen-bond acceptors (Lipinski definition) is 2. The van der Waals surface area contributed by atoms with Gasteiger partial charge in [-0.2, -0.15) is 0 Å². The highest BCUT2D eigenvalue weighted by Gasteiger charge is 2.34. The number of alkyl halides is 3. The Morgan fingerprint density at radius 2 is 1.85 bits per heavy atom. The molecular formula is C13H18Cl3N3O. The van der Waals surface area contributed by atoms with E-state index in [1.807, 2.05) is 32.0 Å². The predicted molar refractivity (Wildman–Crippen MR) is 85.8 cm³/mol. The van der Waals surface area contributed by atoms with Crippen LogP contribution in [0.4, 0.5) is 10.5 Å². The van der Waals surface area contributed by atoms with Crippen molar-refractivity contribution >= 4 is 46.5 Å². The second-order valence-corrected chi connectivity index (χ2v) is 7.15. The van der Waals surface area contributed by atoms with Crippen LogP contribution in [-0.4, -0.2) is 35.0 Å². The molecular weight excluding hydrogens is 321 g/mol. The molecule has 112 valence electrons. The van der Waals surface area contributed by atoms with E-state index in [0.717, 1.165) is 16.8 Å². The quantitative estimate of drug-likeness (QED) is 0.652. The van der Waals surface area contributed by atoms with Gasteiger partial charge in [0.05, 0.1) is 0 Å². The van der Waals surface area contributed by atoms with Gasteiger partial charge in [0.2, 0.25) is 3.79 Å². The topological polar surface area (TPSA) is 44.4 Å². The zero-order valence-corrected chi connectivity index (χ0v) is 14.1. The zero-order valence-electron chi connectivity index (χ0n) is 11.8. The van der Waals surface area contributed by atoms with E-state index >= 15 is 0 Å². The smallest absolute Gasteiger partial charge is 0.318 e. The minimum atomic E-state index is -1.68. The van der Waals surface area contributed by atoms with Gasteiger partial charge < -0.3 is 15.5 Å². The molecule has 20 heavy (non-hydrogen) atoms. The van der Waals surface area contributed by atoms with Crippen molar-refractivity contribution in [1.82, 2.24) is 10.2 Å². The molecule has 1 aromatic rings. The average molecular weight is 339 g/mol. The van der Waals surface area contributed by atoms with Gasteiger partial charge in [0.1, 0.15) is 6.17 Å². The lowest BCUT2D eigenvalue weighted by atomic mass is 10.1. The lowest BCUT2D eigenvalue weighted by Crippen LogP contribution is -2.52. The highest BCUT2D eigenvalue weighted by Crippen LogP contribution is 2.32. The van der Waals surface area contributed by atoms with Crippen LogP contribution in [0, 0.1) is 13.8 Å². The first kappa shape index (κ1) is 17.2. The molecule has 0 heterocycles. The second-order valence-electron chi connectivity index (χ2n) is 4.78. The third-order valence-corrected chi connectivity index (χ3v) is 3.35. The molecule has 0 saturated heterocycles. The highest BCUT2D eigenvalue weighted by molar-refractivity contribution is 6.68. The van der Waals surface area contributed by atoms with Crippen LogP contribution in [0.5, 0.6) is 0 Å². The summed E-state index contributed by atoms with van der Waals surface area (Å²) in [6, 6.07) is 5.53. The number of halogens is 3. The molecule has 1 aromatic carbocycles. The van der Waals surface area contributed by atoms with E-state index in [2.05, 4.69) is 10.6 Å². The second kappa shape index (κ2) is 6.74. The summed E-state index contributed by atoms with van der Waals surface area (Å²) in [5.74, 6) is 0. The Bertz CT molecular complexity index is 486. The van der Waals surface area contributed by atoms with Gasteiger partial charge in [-0.3, -0.25) is 0 Å². The van der Waals surface area contributed by atoms with E-state index in [-0.39, 0.29) is 6.03 Å². The van der Waals surface area contributed by atoms with Crippen molar-refractivity contribution in [3.63, 3.8) is 0 Å². The third kappa shape index (κ3) is 4.93.